The fourth-order valence-corrected chi connectivity index (χ4v) is 2.48. The Morgan fingerprint density at radius 2 is 2.09 bits per heavy atom. The molecule has 23 heavy (non-hydrogen) atoms. The van der Waals surface area contributed by atoms with Crippen LogP contribution in [-0.4, -0.2) is 54.2 Å². The molecule has 0 aliphatic carbocycles. The van der Waals surface area contributed by atoms with Crippen LogP contribution >= 0.6 is 0 Å². The van der Waals surface area contributed by atoms with Gasteiger partial charge in [-0.25, -0.2) is 4.98 Å². The maximum Gasteiger partial charge on any atom is 0.290 e. The molecule has 1 fully saturated rings. The molecule has 0 saturated carbocycles. The molecule has 0 radical (unpaired) electrons. The molecule has 0 bridgehead atoms. The highest BCUT2D eigenvalue weighted by atomic mass is 16.5. The van der Waals surface area contributed by atoms with Gasteiger partial charge in [-0.15, -0.1) is 0 Å². The minimum atomic E-state index is -0.270. The monoisotopic (exact) mass is 315 g/mol. The summed E-state index contributed by atoms with van der Waals surface area (Å²) in [7, 11) is 2.13. The van der Waals surface area contributed by atoms with Crippen LogP contribution in [0.3, 0.4) is 0 Å². The van der Waals surface area contributed by atoms with Crippen molar-refractivity contribution in [2.24, 2.45) is 0 Å². The number of aryl methyl sites for hydroxylation is 1. The van der Waals surface area contributed by atoms with Crippen molar-refractivity contribution in [2.75, 3.05) is 38.1 Å². The fourth-order valence-electron chi connectivity index (χ4n) is 2.48. The highest BCUT2D eigenvalue weighted by molar-refractivity contribution is 5.91. The van der Waals surface area contributed by atoms with Crippen LogP contribution in [0.15, 0.2) is 28.9 Å². The van der Waals surface area contributed by atoms with Gasteiger partial charge in [0.05, 0.1) is 5.69 Å². The molecular formula is C16H21N5O2. The molecule has 2 aromatic heterocycles. The smallest absolute Gasteiger partial charge is 0.290 e. The number of piperazine rings is 1. The Balaban J connectivity index is 1.54. The first kappa shape index (κ1) is 15.5. The van der Waals surface area contributed by atoms with Crippen molar-refractivity contribution in [3.8, 4) is 0 Å². The highest BCUT2D eigenvalue weighted by Crippen LogP contribution is 2.13. The summed E-state index contributed by atoms with van der Waals surface area (Å²) in [4.78, 5) is 21.0. The van der Waals surface area contributed by atoms with Crippen molar-refractivity contribution in [1.82, 2.24) is 20.4 Å². The number of carbonyl (C=O) groups excluding carboxylic acids is 1. The second kappa shape index (κ2) is 6.78. The highest BCUT2D eigenvalue weighted by Gasteiger charge is 2.15. The molecule has 1 aliphatic heterocycles. The zero-order chi connectivity index (χ0) is 16.2. The van der Waals surface area contributed by atoms with Gasteiger partial charge in [0.1, 0.15) is 5.82 Å². The molecule has 7 heteroatoms. The van der Waals surface area contributed by atoms with Gasteiger partial charge in [-0.1, -0.05) is 11.2 Å². The molecule has 3 rings (SSSR count). The van der Waals surface area contributed by atoms with E-state index < -0.39 is 0 Å². The van der Waals surface area contributed by atoms with Crippen LogP contribution in [0, 0.1) is 6.92 Å². The Hall–Kier alpha value is -2.41. The first-order valence-electron chi connectivity index (χ1n) is 7.72. The van der Waals surface area contributed by atoms with E-state index in [4.69, 9.17) is 4.52 Å². The van der Waals surface area contributed by atoms with E-state index in [1.807, 2.05) is 12.1 Å². The number of amides is 1. The number of pyridine rings is 1. The van der Waals surface area contributed by atoms with Gasteiger partial charge in [-0.05, 0) is 25.6 Å². The van der Waals surface area contributed by atoms with Crippen LogP contribution in [0.1, 0.15) is 21.8 Å². The molecule has 0 unspecified atom stereocenters. The summed E-state index contributed by atoms with van der Waals surface area (Å²) in [6, 6.07) is 5.61. The van der Waals surface area contributed by atoms with Crippen LogP contribution in [0.2, 0.25) is 0 Å². The van der Waals surface area contributed by atoms with Gasteiger partial charge < -0.3 is 19.6 Å². The summed E-state index contributed by atoms with van der Waals surface area (Å²) in [5, 5.41) is 6.50. The van der Waals surface area contributed by atoms with Crippen molar-refractivity contribution in [2.45, 2.75) is 13.5 Å². The lowest BCUT2D eigenvalue weighted by molar-refractivity contribution is 0.0914. The third kappa shape index (κ3) is 3.87. The minimum absolute atomic E-state index is 0.226. The molecule has 1 saturated heterocycles. The van der Waals surface area contributed by atoms with E-state index in [1.54, 1.807) is 19.2 Å². The molecule has 0 atom stereocenters. The first-order chi connectivity index (χ1) is 11.1. The molecule has 7 nitrogen and oxygen atoms in total. The molecule has 122 valence electrons. The molecule has 3 heterocycles. The number of hydrogen-bond acceptors (Lipinski definition) is 6. The van der Waals surface area contributed by atoms with Crippen LogP contribution in [-0.2, 0) is 6.54 Å². The van der Waals surface area contributed by atoms with Crippen molar-refractivity contribution < 1.29 is 9.32 Å². The van der Waals surface area contributed by atoms with E-state index >= 15 is 0 Å². The zero-order valence-electron chi connectivity index (χ0n) is 13.5. The summed E-state index contributed by atoms with van der Waals surface area (Å²) in [6.45, 7) is 6.27. The Morgan fingerprint density at radius 1 is 1.30 bits per heavy atom. The number of likely N-dealkylation sites (N-methyl/N-ethyl adjacent to an activating group) is 1. The number of hydrogen-bond donors (Lipinski definition) is 1. The number of anilines is 1. The number of aromatic nitrogens is 2. The van der Waals surface area contributed by atoms with E-state index in [-0.39, 0.29) is 11.7 Å². The topological polar surface area (TPSA) is 74.5 Å². The average molecular weight is 315 g/mol. The summed E-state index contributed by atoms with van der Waals surface area (Å²) in [6.07, 6.45) is 1.81. The van der Waals surface area contributed by atoms with E-state index in [9.17, 15) is 4.79 Å². The maximum absolute atomic E-state index is 11.9. The third-order valence-corrected chi connectivity index (χ3v) is 3.94. The van der Waals surface area contributed by atoms with Gasteiger partial charge >= 0.3 is 0 Å². The third-order valence-electron chi connectivity index (χ3n) is 3.94. The second-order valence-corrected chi connectivity index (χ2v) is 5.83. The lowest BCUT2D eigenvalue weighted by Crippen LogP contribution is -2.44. The first-order valence-corrected chi connectivity index (χ1v) is 7.72. The van der Waals surface area contributed by atoms with Crippen molar-refractivity contribution >= 4 is 11.7 Å². The number of nitrogens with one attached hydrogen (secondary N) is 1. The number of nitrogens with zero attached hydrogens (tertiary/aromatic N) is 4. The Bertz CT molecular complexity index is 659. The van der Waals surface area contributed by atoms with Crippen LogP contribution in [0.4, 0.5) is 5.82 Å². The molecule has 1 aliphatic rings. The van der Waals surface area contributed by atoms with Crippen LogP contribution in [0.5, 0.6) is 0 Å². The van der Waals surface area contributed by atoms with Crippen molar-refractivity contribution in [1.29, 1.82) is 0 Å². The van der Waals surface area contributed by atoms with Crippen LogP contribution < -0.4 is 10.2 Å². The van der Waals surface area contributed by atoms with Gasteiger partial charge in [-0.2, -0.15) is 0 Å². The van der Waals surface area contributed by atoms with Gasteiger partial charge in [0.2, 0.25) is 5.76 Å². The summed E-state index contributed by atoms with van der Waals surface area (Å²) in [5.41, 5.74) is 1.64. The molecule has 2 aromatic rings. The fraction of sp³-hybridized carbons (Fsp3) is 0.438. The standard InChI is InChI=1S/C16H21N5O2/c1-12-9-14(23-19-12)16(22)18-11-13-3-4-15(17-10-13)21-7-5-20(2)6-8-21/h3-4,9-10H,5-8,11H2,1-2H3,(H,18,22). The summed E-state index contributed by atoms with van der Waals surface area (Å²) in [5.74, 6) is 0.942. The van der Waals surface area contributed by atoms with Gasteiger partial charge in [0, 0.05) is 45.0 Å². The lowest BCUT2D eigenvalue weighted by Gasteiger charge is -2.33. The molecular weight excluding hydrogens is 294 g/mol. The second-order valence-electron chi connectivity index (χ2n) is 5.83. The summed E-state index contributed by atoms with van der Waals surface area (Å²) < 4.78 is 4.93. The Morgan fingerprint density at radius 3 is 2.70 bits per heavy atom. The SMILES string of the molecule is Cc1cc(C(=O)NCc2ccc(N3CCN(C)CC3)nc2)on1. The van der Waals surface area contributed by atoms with E-state index in [1.165, 1.54) is 0 Å². The van der Waals surface area contributed by atoms with E-state index in [2.05, 4.69) is 32.3 Å². The van der Waals surface area contributed by atoms with Gasteiger partial charge in [0.25, 0.3) is 5.91 Å². The molecule has 1 amide bonds. The number of rotatable bonds is 4. The average Bonchev–Trinajstić information content (AvgIpc) is 3.00. The lowest BCUT2D eigenvalue weighted by atomic mass is 10.2. The normalized spacial score (nSPS) is 15.7. The van der Waals surface area contributed by atoms with E-state index in [0.717, 1.165) is 37.6 Å². The molecule has 0 spiro atoms. The minimum Gasteiger partial charge on any atom is -0.354 e. The Labute approximate surface area is 135 Å². The van der Waals surface area contributed by atoms with Crippen molar-refractivity contribution in [3.05, 3.63) is 41.4 Å². The van der Waals surface area contributed by atoms with Crippen LogP contribution in [0.25, 0.3) is 0 Å². The Kier molecular flexibility index (Phi) is 4.57. The maximum atomic E-state index is 11.9. The quantitative estimate of drug-likeness (QED) is 0.909. The van der Waals surface area contributed by atoms with Gasteiger partial charge in [-0.3, -0.25) is 4.79 Å². The largest absolute Gasteiger partial charge is 0.354 e. The molecule has 1 N–H and O–H groups in total. The predicted octanol–water partition coefficient (Wildman–Crippen LogP) is 1.06. The zero-order valence-corrected chi connectivity index (χ0v) is 13.5. The summed E-state index contributed by atoms with van der Waals surface area (Å²) >= 11 is 0. The van der Waals surface area contributed by atoms with Gasteiger partial charge in [0.15, 0.2) is 0 Å². The van der Waals surface area contributed by atoms with E-state index in [0.29, 0.717) is 12.2 Å². The van der Waals surface area contributed by atoms with Crippen molar-refractivity contribution in [3.63, 3.8) is 0 Å². The number of carbonyl (C=O) groups is 1. The molecule has 0 aromatic carbocycles. The predicted molar refractivity (Wildman–Crippen MR) is 86.4 cm³/mol.